The van der Waals surface area contributed by atoms with E-state index in [2.05, 4.69) is 34.6 Å². The van der Waals surface area contributed by atoms with Gasteiger partial charge >= 0.3 is 17.0 Å². The predicted molar refractivity (Wildman–Crippen MR) is 155 cm³/mol. The van der Waals surface area contributed by atoms with E-state index in [9.17, 15) is 18.1 Å². The van der Waals surface area contributed by atoms with Crippen LogP contribution in [-0.4, -0.2) is 109 Å². The van der Waals surface area contributed by atoms with Gasteiger partial charge in [-0.25, -0.2) is 28.5 Å². The largest absolute Gasteiger partial charge is 0.382 e. The molecule has 2 bridgehead atoms. The summed E-state index contributed by atoms with van der Waals surface area (Å²) in [5.41, 5.74) is 11.1. The van der Waals surface area contributed by atoms with Crippen molar-refractivity contribution in [3.8, 4) is 0 Å². The Balaban J connectivity index is 1.22. The van der Waals surface area contributed by atoms with Crippen molar-refractivity contribution in [1.29, 1.82) is 0 Å². The second kappa shape index (κ2) is 11.4. The van der Waals surface area contributed by atoms with Crippen molar-refractivity contribution in [2.24, 2.45) is 0 Å². The zero-order valence-electron chi connectivity index (χ0n) is 23.3. The SMILES string of the molecule is COC1C2CNS(=O)(=O)OC3C(COP(O)(=S)OC1C(n1cnc4c(=O)[nH]c(N)nc41)O2)OC(n1cnc2c(N)ncnc21)C3F. The maximum Gasteiger partial charge on any atom is 0.336 e. The Morgan fingerprint density at radius 1 is 1.09 bits per heavy atom. The van der Waals surface area contributed by atoms with Crippen LogP contribution in [0, 0.1) is 0 Å². The predicted octanol–water partition coefficient (Wildman–Crippen LogP) is -1.88. The van der Waals surface area contributed by atoms with E-state index >= 15 is 4.39 Å². The van der Waals surface area contributed by atoms with Gasteiger partial charge in [0.05, 0.1) is 19.3 Å². The van der Waals surface area contributed by atoms with Gasteiger partial charge in [-0.15, -0.1) is 0 Å². The monoisotopic (exact) mass is 705 g/mol. The van der Waals surface area contributed by atoms with Crippen LogP contribution in [0.2, 0.25) is 0 Å². The molecule has 248 valence electrons. The number of aromatic nitrogens is 8. The summed E-state index contributed by atoms with van der Waals surface area (Å²) < 4.78 is 81.2. The van der Waals surface area contributed by atoms with Gasteiger partial charge < -0.3 is 35.1 Å². The fourth-order valence-corrected chi connectivity index (χ4v) is 7.93. The molecule has 3 saturated heterocycles. The third kappa shape index (κ3) is 5.43. The highest BCUT2D eigenvalue weighted by molar-refractivity contribution is 8.07. The molecule has 0 saturated carbocycles. The second-order valence-corrected chi connectivity index (χ2v) is 14.5. The summed E-state index contributed by atoms with van der Waals surface area (Å²) in [6, 6.07) is 0. The first-order valence-electron chi connectivity index (χ1n) is 13.3. The first-order valence-corrected chi connectivity index (χ1v) is 17.3. The molecule has 0 spiro atoms. The Morgan fingerprint density at radius 3 is 2.57 bits per heavy atom. The fourth-order valence-electron chi connectivity index (χ4n) is 5.56. The van der Waals surface area contributed by atoms with Gasteiger partial charge in [0.15, 0.2) is 41.3 Å². The molecule has 7 N–H and O–H groups in total. The number of hydrogen-bond acceptors (Lipinski definition) is 17. The summed E-state index contributed by atoms with van der Waals surface area (Å²) in [5, 5.41) is 0. The number of nitrogens with two attached hydrogens (primary N) is 2. The van der Waals surface area contributed by atoms with Crippen LogP contribution in [0.25, 0.3) is 22.3 Å². The maximum atomic E-state index is 16.0. The lowest BCUT2D eigenvalue weighted by Gasteiger charge is -2.28. The van der Waals surface area contributed by atoms with Gasteiger partial charge in [-0.3, -0.25) is 23.4 Å². The molecule has 4 aromatic rings. The number of ether oxygens (including phenoxy) is 3. The van der Waals surface area contributed by atoms with Gasteiger partial charge in [0.2, 0.25) is 5.95 Å². The average Bonchev–Trinajstić information content (AvgIpc) is 3.75. The van der Waals surface area contributed by atoms with Crippen molar-refractivity contribution >= 4 is 62.9 Å². The van der Waals surface area contributed by atoms with E-state index in [0.717, 1.165) is 6.33 Å². The number of halogens is 1. The smallest absolute Gasteiger partial charge is 0.336 e. The lowest BCUT2D eigenvalue weighted by Crippen LogP contribution is -2.44. The van der Waals surface area contributed by atoms with Crippen LogP contribution in [-0.2, 0) is 49.6 Å². The van der Waals surface area contributed by atoms with Gasteiger partial charge in [-0.2, -0.15) is 18.1 Å². The lowest BCUT2D eigenvalue weighted by atomic mass is 10.1. The number of hydrogen-bond donors (Lipinski definition) is 5. The number of methoxy groups -OCH3 is 1. The quantitative estimate of drug-likeness (QED) is 0.146. The molecule has 46 heavy (non-hydrogen) atoms. The van der Waals surface area contributed by atoms with E-state index in [1.807, 2.05) is 0 Å². The summed E-state index contributed by atoms with van der Waals surface area (Å²) in [6.45, 7) is -5.40. The normalized spacial score (nSPS) is 35.0. The molecule has 3 aliphatic heterocycles. The molecule has 3 aliphatic rings. The van der Waals surface area contributed by atoms with Gasteiger partial charge in [-0.1, -0.05) is 0 Å². The second-order valence-electron chi connectivity index (χ2n) is 10.3. The van der Waals surface area contributed by atoms with Crippen molar-refractivity contribution in [3.05, 3.63) is 29.3 Å². The Labute approximate surface area is 261 Å². The summed E-state index contributed by atoms with van der Waals surface area (Å²) in [6.07, 6.45) is -7.99. The molecule has 0 aliphatic carbocycles. The molecule has 0 aromatic carbocycles. The molecular weight excluding hydrogens is 680 g/mol. The van der Waals surface area contributed by atoms with Gasteiger partial charge in [0.1, 0.15) is 42.4 Å². The van der Waals surface area contributed by atoms with E-state index in [1.54, 1.807) is 0 Å². The van der Waals surface area contributed by atoms with Crippen LogP contribution in [0.15, 0.2) is 23.8 Å². The van der Waals surface area contributed by atoms with Crippen LogP contribution in [0.4, 0.5) is 16.2 Å². The number of rotatable bonds is 3. The van der Waals surface area contributed by atoms with Crippen molar-refractivity contribution in [3.63, 3.8) is 0 Å². The van der Waals surface area contributed by atoms with Crippen LogP contribution < -0.4 is 21.7 Å². The average molecular weight is 706 g/mol. The molecular formula is C21H25FN11O10PS2. The van der Waals surface area contributed by atoms with Crippen molar-refractivity contribution in [1.82, 2.24) is 43.8 Å². The fraction of sp³-hybridized carbons (Fsp3) is 0.524. The van der Waals surface area contributed by atoms with E-state index in [4.69, 9.17) is 50.7 Å². The number of anilines is 2. The highest BCUT2D eigenvalue weighted by Crippen LogP contribution is 2.51. The maximum absolute atomic E-state index is 16.0. The van der Waals surface area contributed by atoms with Crippen molar-refractivity contribution in [2.45, 2.75) is 49.1 Å². The van der Waals surface area contributed by atoms with E-state index < -0.39 is 84.9 Å². The standard InChI is InChI=1S/C21H25FN11O10PS2/c1-38-13-7-2-29-46(36,37)43-12-8(41-19(9(12)22)32-5-27-10-15(23)25-4-26-16(10)32)3-39-44(35,45)42-14(13)20(40-7)33-6-28-11-17(33)30-21(24)31-18(11)34/h4-9,12-14,19-20,29H,2-3H2,1H3,(H,35,45)(H2,23,25,26)(H3,24,30,31,34). The van der Waals surface area contributed by atoms with Crippen molar-refractivity contribution in [2.75, 3.05) is 31.7 Å². The molecule has 0 radical (unpaired) electrons. The summed E-state index contributed by atoms with van der Waals surface area (Å²) >= 11 is 5.29. The number of imidazole rings is 2. The summed E-state index contributed by atoms with van der Waals surface area (Å²) in [5.74, 6) is -0.184. The van der Waals surface area contributed by atoms with Gasteiger partial charge in [-0.05, 0) is 11.8 Å². The molecule has 0 amide bonds. The zero-order chi connectivity index (χ0) is 32.5. The minimum absolute atomic E-state index is 0.00572. The Morgan fingerprint density at radius 2 is 1.80 bits per heavy atom. The first-order chi connectivity index (χ1) is 21.9. The van der Waals surface area contributed by atoms with E-state index in [0.29, 0.717) is 0 Å². The number of aromatic amines is 1. The Hall–Kier alpha value is -3.29. The van der Waals surface area contributed by atoms with Crippen LogP contribution in [0.3, 0.4) is 0 Å². The minimum Gasteiger partial charge on any atom is -0.382 e. The van der Waals surface area contributed by atoms with E-state index in [1.165, 1.54) is 28.9 Å². The van der Waals surface area contributed by atoms with Crippen LogP contribution in [0.5, 0.6) is 0 Å². The third-order valence-electron chi connectivity index (χ3n) is 7.57. The third-order valence-corrected chi connectivity index (χ3v) is 10.1. The number of fused-ring (bicyclic) bond motifs is 5. The highest BCUT2D eigenvalue weighted by atomic mass is 32.5. The molecule has 9 unspecified atom stereocenters. The lowest BCUT2D eigenvalue weighted by molar-refractivity contribution is -0.0507. The number of nitrogens with zero attached hydrogens (tertiary/aromatic N) is 7. The molecule has 9 atom stereocenters. The summed E-state index contributed by atoms with van der Waals surface area (Å²) in [4.78, 5) is 46.1. The molecule has 25 heteroatoms. The number of H-pyrrole nitrogens is 1. The Bertz CT molecular complexity index is 2030. The topological polar surface area (TPSA) is 281 Å². The van der Waals surface area contributed by atoms with Crippen LogP contribution in [0.1, 0.15) is 12.5 Å². The number of nitrogen functional groups attached to an aromatic ring is 2. The van der Waals surface area contributed by atoms with Gasteiger partial charge in [0.25, 0.3) is 5.56 Å². The summed E-state index contributed by atoms with van der Waals surface area (Å²) in [7, 11) is -3.40. The van der Waals surface area contributed by atoms with Gasteiger partial charge in [0, 0.05) is 13.7 Å². The molecule has 21 nitrogen and oxygen atoms in total. The highest BCUT2D eigenvalue weighted by Gasteiger charge is 2.53. The minimum atomic E-state index is -4.70. The number of alkyl halides is 1. The first kappa shape index (κ1) is 31.3. The molecule has 7 heterocycles. The molecule has 4 aromatic heterocycles. The van der Waals surface area contributed by atoms with Crippen molar-refractivity contribution < 1.29 is 45.1 Å². The van der Waals surface area contributed by atoms with E-state index in [-0.39, 0.29) is 34.1 Å². The molecule has 7 rings (SSSR count). The number of nitrogens with one attached hydrogen (secondary N) is 2. The molecule has 3 fully saturated rings. The van der Waals surface area contributed by atoms with Crippen LogP contribution >= 0.6 is 6.72 Å². The Kier molecular flexibility index (Phi) is 7.79. The zero-order valence-corrected chi connectivity index (χ0v) is 25.8.